The summed E-state index contributed by atoms with van der Waals surface area (Å²) >= 11 is 0. The van der Waals surface area contributed by atoms with Crippen molar-refractivity contribution in [3.63, 3.8) is 0 Å². The number of rotatable bonds is 3. The average Bonchev–Trinajstić information content (AvgIpc) is 3.08. The fraction of sp³-hybridized carbons (Fsp3) is 0.667. The van der Waals surface area contributed by atoms with Gasteiger partial charge < -0.3 is 14.7 Å². The number of piperazine rings is 1. The molecule has 2 aliphatic carbocycles. The molecule has 5 nitrogen and oxygen atoms in total. The lowest BCUT2D eigenvalue weighted by Gasteiger charge is -2.52. The van der Waals surface area contributed by atoms with Crippen molar-refractivity contribution in [3.8, 4) is 0 Å². The summed E-state index contributed by atoms with van der Waals surface area (Å²) in [4.78, 5) is 17.8. The van der Waals surface area contributed by atoms with Gasteiger partial charge in [-0.25, -0.2) is 0 Å². The first-order valence-electron chi connectivity index (χ1n) is 12.4. The Morgan fingerprint density at radius 2 is 1.91 bits per heavy atom. The number of esters is 1. The summed E-state index contributed by atoms with van der Waals surface area (Å²) in [6.45, 7) is 13.3. The first-order valence-corrected chi connectivity index (χ1v) is 12.4. The molecule has 2 aliphatic heterocycles. The number of hydrogen-bond donors (Lipinski definition) is 1. The van der Waals surface area contributed by atoms with E-state index in [1.165, 1.54) is 22.4 Å². The third kappa shape index (κ3) is 3.49. The van der Waals surface area contributed by atoms with Gasteiger partial charge in [-0.15, -0.1) is 0 Å². The van der Waals surface area contributed by atoms with Crippen LogP contribution in [0.4, 0.5) is 5.69 Å². The molecule has 4 aliphatic rings. The van der Waals surface area contributed by atoms with Crippen molar-refractivity contribution in [2.24, 2.45) is 23.2 Å². The van der Waals surface area contributed by atoms with Crippen molar-refractivity contribution in [2.45, 2.75) is 59.2 Å². The second kappa shape index (κ2) is 8.18. The maximum Gasteiger partial charge on any atom is 0.311 e. The lowest BCUT2D eigenvalue weighted by Crippen LogP contribution is -2.55. The Kier molecular flexibility index (Phi) is 5.61. The van der Waals surface area contributed by atoms with E-state index in [2.05, 4.69) is 61.8 Å². The molecule has 1 saturated carbocycles. The molecular weight excluding hydrogens is 400 g/mol. The number of carbonyl (C=O) groups is 1. The second-order valence-electron chi connectivity index (χ2n) is 10.9. The molecule has 1 N–H and O–H groups in total. The molecule has 0 radical (unpaired) electrons. The van der Waals surface area contributed by atoms with Crippen LogP contribution in [0, 0.1) is 37.0 Å². The third-order valence-corrected chi connectivity index (χ3v) is 9.25. The number of allylic oxidation sites excluding steroid dienone is 1. The minimum Gasteiger partial charge on any atom is -0.461 e. The Balaban J connectivity index is 1.27. The Hall–Kier alpha value is -1.85. The molecule has 3 fully saturated rings. The minimum atomic E-state index is -0.518. The van der Waals surface area contributed by atoms with E-state index in [9.17, 15) is 9.90 Å². The quantitative estimate of drug-likeness (QED) is 0.576. The number of hydrogen-bond acceptors (Lipinski definition) is 5. The van der Waals surface area contributed by atoms with Gasteiger partial charge in [0.1, 0.15) is 6.10 Å². The van der Waals surface area contributed by atoms with Crippen LogP contribution in [0.2, 0.25) is 0 Å². The molecule has 5 heteroatoms. The summed E-state index contributed by atoms with van der Waals surface area (Å²) in [5.41, 5.74) is 5.02. The van der Waals surface area contributed by atoms with Crippen LogP contribution >= 0.6 is 0 Å². The summed E-state index contributed by atoms with van der Waals surface area (Å²) in [6.07, 6.45) is 4.59. The van der Waals surface area contributed by atoms with Gasteiger partial charge in [0.05, 0.1) is 12.0 Å². The highest BCUT2D eigenvalue weighted by Gasteiger charge is 2.59. The van der Waals surface area contributed by atoms with Crippen molar-refractivity contribution in [3.05, 3.63) is 41.0 Å². The standard InChI is InChI=1S/C27H38N2O3/c1-17-8-9-21(14-18(17)2)29-12-10-28(11-13-29)16-22-24-23(32-26(22)31)15-20-7-5-6-19(3)27(20,4)25(24)30/h7-9,14,19,22-25,30H,5-6,10-13,15-16H2,1-4H3/t19-,22-,23+,24+,25+,27+/m0/s1. The van der Waals surface area contributed by atoms with Gasteiger partial charge in [-0.05, 0) is 55.9 Å². The van der Waals surface area contributed by atoms with E-state index < -0.39 is 6.10 Å². The van der Waals surface area contributed by atoms with Gasteiger partial charge in [-0.1, -0.05) is 31.6 Å². The van der Waals surface area contributed by atoms with Gasteiger partial charge in [0.25, 0.3) is 0 Å². The molecule has 32 heavy (non-hydrogen) atoms. The van der Waals surface area contributed by atoms with Crippen LogP contribution in [0.3, 0.4) is 0 Å². The van der Waals surface area contributed by atoms with Gasteiger partial charge in [0.15, 0.2) is 0 Å². The molecule has 6 atom stereocenters. The largest absolute Gasteiger partial charge is 0.461 e. The van der Waals surface area contributed by atoms with E-state index in [0.717, 1.165) is 45.4 Å². The van der Waals surface area contributed by atoms with Crippen LogP contribution in [-0.4, -0.2) is 60.9 Å². The summed E-state index contributed by atoms with van der Waals surface area (Å²) in [5.74, 6) is 0.00102. The highest BCUT2D eigenvalue weighted by Crippen LogP contribution is 2.56. The van der Waals surface area contributed by atoms with Gasteiger partial charge in [0, 0.05) is 56.2 Å². The highest BCUT2D eigenvalue weighted by atomic mass is 16.6. The molecule has 0 unspecified atom stereocenters. The smallest absolute Gasteiger partial charge is 0.311 e. The summed E-state index contributed by atoms with van der Waals surface area (Å²) < 4.78 is 5.86. The zero-order valence-electron chi connectivity index (χ0n) is 20.0. The van der Waals surface area contributed by atoms with Crippen molar-refractivity contribution >= 4 is 11.7 Å². The number of ether oxygens (including phenoxy) is 1. The fourth-order valence-electron chi connectivity index (χ4n) is 6.66. The van der Waals surface area contributed by atoms with Crippen LogP contribution in [-0.2, 0) is 9.53 Å². The van der Waals surface area contributed by atoms with E-state index in [-0.39, 0.29) is 29.3 Å². The molecule has 0 amide bonds. The van der Waals surface area contributed by atoms with Crippen LogP contribution in [0.15, 0.2) is 29.8 Å². The van der Waals surface area contributed by atoms with Crippen molar-refractivity contribution < 1.29 is 14.6 Å². The topological polar surface area (TPSA) is 53.0 Å². The Morgan fingerprint density at radius 1 is 1.16 bits per heavy atom. The summed E-state index contributed by atoms with van der Waals surface area (Å²) in [7, 11) is 0. The van der Waals surface area contributed by atoms with E-state index in [4.69, 9.17) is 4.74 Å². The molecule has 1 aromatic rings. The molecule has 0 spiro atoms. The van der Waals surface area contributed by atoms with E-state index in [1.54, 1.807) is 0 Å². The fourth-order valence-corrected chi connectivity index (χ4v) is 6.66. The van der Waals surface area contributed by atoms with Crippen LogP contribution in [0.25, 0.3) is 0 Å². The van der Waals surface area contributed by atoms with Gasteiger partial charge >= 0.3 is 5.97 Å². The molecule has 174 valence electrons. The predicted molar refractivity (Wildman–Crippen MR) is 127 cm³/mol. The number of anilines is 1. The number of benzene rings is 1. The average molecular weight is 439 g/mol. The molecule has 2 saturated heterocycles. The molecular formula is C27H38N2O3. The van der Waals surface area contributed by atoms with Gasteiger partial charge in [-0.2, -0.15) is 0 Å². The lowest BCUT2D eigenvalue weighted by molar-refractivity contribution is -0.145. The summed E-state index contributed by atoms with van der Waals surface area (Å²) in [6, 6.07) is 6.69. The minimum absolute atomic E-state index is 0.0945. The van der Waals surface area contributed by atoms with Crippen molar-refractivity contribution in [2.75, 3.05) is 37.6 Å². The zero-order chi connectivity index (χ0) is 22.6. The maximum absolute atomic E-state index is 12.9. The zero-order valence-corrected chi connectivity index (χ0v) is 20.0. The normalized spacial score (nSPS) is 37.5. The molecule has 0 bridgehead atoms. The monoisotopic (exact) mass is 438 g/mol. The number of nitrogens with zero attached hydrogens (tertiary/aromatic N) is 2. The number of aryl methyl sites for hydroxylation is 2. The van der Waals surface area contributed by atoms with Crippen LogP contribution in [0.5, 0.6) is 0 Å². The summed E-state index contributed by atoms with van der Waals surface area (Å²) in [5, 5.41) is 11.6. The Bertz CT molecular complexity index is 919. The van der Waals surface area contributed by atoms with Gasteiger partial charge in [-0.3, -0.25) is 9.69 Å². The lowest BCUT2D eigenvalue weighted by atomic mass is 9.55. The number of aliphatic hydroxyl groups is 1. The third-order valence-electron chi connectivity index (χ3n) is 9.25. The van der Waals surface area contributed by atoms with E-state index in [0.29, 0.717) is 12.5 Å². The van der Waals surface area contributed by atoms with Crippen molar-refractivity contribution in [1.29, 1.82) is 0 Å². The molecule has 1 aromatic carbocycles. The number of fused-ring (bicyclic) bond motifs is 2. The van der Waals surface area contributed by atoms with Gasteiger partial charge in [0.2, 0.25) is 0 Å². The van der Waals surface area contributed by atoms with Crippen LogP contribution < -0.4 is 4.90 Å². The first-order chi connectivity index (χ1) is 15.3. The Morgan fingerprint density at radius 3 is 2.62 bits per heavy atom. The maximum atomic E-state index is 12.9. The number of aliphatic hydroxyl groups excluding tert-OH is 1. The highest BCUT2D eigenvalue weighted by molar-refractivity contribution is 5.76. The van der Waals surface area contributed by atoms with E-state index in [1.807, 2.05) is 0 Å². The second-order valence-corrected chi connectivity index (χ2v) is 10.9. The predicted octanol–water partition coefficient (Wildman–Crippen LogP) is 3.71. The van der Waals surface area contributed by atoms with E-state index >= 15 is 0 Å². The SMILES string of the molecule is Cc1ccc(N2CCN(C[C@@H]3C(=O)O[C@@H]4CC5=CCC[C@H](C)[C@@]5(C)[C@H](O)[C@H]34)CC2)cc1C. The molecule has 2 heterocycles. The Labute approximate surface area is 192 Å². The van der Waals surface area contributed by atoms with Crippen molar-refractivity contribution in [1.82, 2.24) is 4.90 Å². The number of carbonyl (C=O) groups excluding carboxylic acids is 1. The molecule has 5 rings (SSSR count). The first kappa shape index (κ1) is 22.0. The van der Waals surface area contributed by atoms with Crippen LogP contribution in [0.1, 0.15) is 44.2 Å². The molecule has 0 aromatic heterocycles.